The average molecular weight is 534 g/mol. The number of hydrogen-bond donors (Lipinski definition) is 3. The van der Waals surface area contributed by atoms with Gasteiger partial charge in [-0.25, -0.2) is 9.18 Å². The van der Waals surface area contributed by atoms with Gasteiger partial charge in [-0.15, -0.1) is 0 Å². The molecule has 1 fully saturated rings. The summed E-state index contributed by atoms with van der Waals surface area (Å²) in [6, 6.07) is 12.1. The highest BCUT2D eigenvalue weighted by molar-refractivity contribution is 5.96. The maximum Gasteiger partial charge on any atom is 0.326 e. The van der Waals surface area contributed by atoms with Crippen molar-refractivity contribution in [2.24, 2.45) is 0 Å². The number of carboxylic acid groups (broad SMARTS) is 1. The van der Waals surface area contributed by atoms with Crippen LogP contribution in [0.1, 0.15) is 96.2 Å². The lowest BCUT2D eigenvalue weighted by atomic mass is 9.89. The Kier molecular flexibility index (Phi) is 8.29. The van der Waals surface area contributed by atoms with E-state index in [0.717, 1.165) is 61.8 Å². The zero-order chi connectivity index (χ0) is 27.4. The van der Waals surface area contributed by atoms with Crippen LogP contribution in [0.5, 0.6) is 5.75 Å². The molecule has 2 aliphatic carbocycles. The van der Waals surface area contributed by atoms with Gasteiger partial charge in [0.2, 0.25) is 0 Å². The Labute approximate surface area is 228 Å². The normalized spacial score (nSPS) is 18.6. The molecule has 2 aliphatic rings. The van der Waals surface area contributed by atoms with E-state index < -0.39 is 17.9 Å². The standard InChI is InChI=1S/C31H36FN3O4/c32-23-9-6-7-21(18-23)17-22-8-4-5-12-26-28(34-35(29(22)26)24-10-2-1-3-11-24)30(37)33-27(31(38)39)19-20-13-15-25(36)16-14-20/h6-7,9,13-16,18,22,24,27,36H,1-5,8,10-12,17,19H2,(H,33,37)(H,38,39)/t22?,27-/m1/s1. The fraction of sp³-hybridized carbons (Fsp3) is 0.452. The molecule has 3 aromatic rings. The van der Waals surface area contributed by atoms with Crippen molar-refractivity contribution in [2.75, 3.05) is 0 Å². The van der Waals surface area contributed by atoms with E-state index >= 15 is 0 Å². The fourth-order valence-electron chi connectivity index (χ4n) is 6.22. The third kappa shape index (κ3) is 6.32. The molecular weight excluding hydrogens is 497 g/mol. The van der Waals surface area contributed by atoms with Gasteiger partial charge >= 0.3 is 5.97 Å². The zero-order valence-electron chi connectivity index (χ0n) is 22.1. The molecule has 5 rings (SSSR count). The minimum atomic E-state index is -1.13. The lowest BCUT2D eigenvalue weighted by Crippen LogP contribution is -2.42. The maximum absolute atomic E-state index is 14.0. The number of phenolic OH excluding ortho intramolecular Hbond substituents is 1. The predicted octanol–water partition coefficient (Wildman–Crippen LogP) is 5.71. The molecular formula is C31H36FN3O4. The molecule has 0 saturated heterocycles. The molecule has 1 aromatic heterocycles. The van der Waals surface area contributed by atoms with Crippen molar-refractivity contribution in [1.82, 2.24) is 15.1 Å². The molecule has 1 amide bonds. The van der Waals surface area contributed by atoms with E-state index in [-0.39, 0.29) is 29.9 Å². The largest absolute Gasteiger partial charge is 0.508 e. The monoisotopic (exact) mass is 533 g/mol. The van der Waals surface area contributed by atoms with E-state index in [4.69, 9.17) is 5.10 Å². The van der Waals surface area contributed by atoms with Crippen LogP contribution < -0.4 is 5.32 Å². The number of carbonyl (C=O) groups is 2. The van der Waals surface area contributed by atoms with Crippen LogP contribution in [0.15, 0.2) is 48.5 Å². The van der Waals surface area contributed by atoms with Gasteiger partial charge in [0.15, 0.2) is 5.69 Å². The number of fused-ring (bicyclic) bond motifs is 1. The van der Waals surface area contributed by atoms with Crippen LogP contribution in [0.4, 0.5) is 4.39 Å². The van der Waals surface area contributed by atoms with Crippen LogP contribution in [0.2, 0.25) is 0 Å². The van der Waals surface area contributed by atoms with Crippen molar-refractivity contribution in [3.63, 3.8) is 0 Å². The Morgan fingerprint density at radius 1 is 1.00 bits per heavy atom. The summed E-state index contributed by atoms with van der Waals surface area (Å²) in [5, 5.41) is 27.1. The number of phenols is 1. The third-order valence-corrected chi connectivity index (χ3v) is 8.15. The number of benzene rings is 2. The lowest BCUT2D eigenvalue weighted by molar-refractivity contribution is -0.139. The van der Waals surface area contributed by atoms with Crippen molar-refractivity contribution in [3.8, 4) is 5.75 Å². The third-order valence-electron chi connectivity index (χ3n) is 8.15. The van der Waals surface area contributed by atoms with E-state index in [2.05, 4.69) is 10.00 Å². The SMILES string of the molecule is O=C(N[C@H](Cc1ccc(O)cc1)C(=O)O)c1nn(C2CCCCC2)c2c1CCCCC2Cc1cccc(F)c1. The first-order chi connectivity index (χ1) is 18.9. The zero-order valence-corrected chi connectivity index (χ0v) is 22.1. The van der Waals surface area contributed by atoms with E-state index in [0.29, 0.717) is 24.1 Å². The molecule has 0 radical (unpaired) electrons. The number of carbonyl (C=O) groups excluding carboxylic acids is 1. The first-order valence-electron chi connectivity index (χ1n) is 14.1. The number of carboxylic acids is 1. The first-order valence-corrected chi connectivity index (χ1v) is 14.1. The van der Waals surface area contributed by atoms with Crippen LogP contribution >= 0.6 is 0 Å². The quantitative estimate of drug-likeness (QED) is 0.322. The van der Waals surface area contributed by atoms with Gasteiger partial charge in [0.25, 0.3) is 5.91 Å². The van der Waals surface area contributed by atoms with Gasteiger partial charge < -0.3 is 15.5 Å². The second kappa shape index (κ2) is 12.0. The summed E-state index contributed by atoms with van der Waals surface area (Å²) in [5.74, 6) is -1.65. The van der Waals surface area contributed by atoms with Crippen LogP contribution in [0.3, 0.4) is 0 Å². The Hall–Kier alpha value is -3.68. The highest BCUT2D eigenvalue weighted by Gasteiger charge is 2.34. The maximum atomic E-state index is 14.0. The number of halogens is 1. The minimum Gasteiger partial charge on any atom is -0.508 e. The summed E-state index contributed by atoms with van der Waals surface area (Å²) in [6.45, 7) is 0. The number of aromatic nitrogens is 2. The van der Waals surface area contributed by atoms with E-state index in [1.54, 1.807) is 24.3 Å². The molecule has 0 aliphatic heterocycles. The number of rotatable bonds is 8. The molecule has 0 bridgehead atoms. The molecule has 2 aromatic carbocycles. The number of aromatic hydroxyl groups is 1. The molecule has 1 saturated carbocycles. The highest BCUT2D eigenvalue weighted by atomic mass is 19.1. The topological polar surface area (TPSA) is 104 Å². The summed E-state index contributed by atoms with van der Waals surface area (Å²) in [5.41, 5.74) is 3.92. The number of aliphatic carboxylic acids is 1. The molecule has 3 N–H and O–H groups in total. The van der Waals surface area contributed by atoms with Crippen LogP contribution in [-0.4, -0.2) is 37.9 Å². The summed E-state index contributed by atoms with van der Waals surface area (Å²) in [7, 11) is 0. The van der Waals surface area contributed by atoms with E-state index in [1.165, 1.54) is 24.6 Å². The Balaban J connectivity index is 1.48. The Bertz CT molecular complexity index is 1310. The van der Waals surface area contributed by atoms with Crippen LogP contribution in [-0.2, 0) is 24.1 Å². The number of amides is 1. The van der Waals surface area contributed by atoms with Gasteiger partial charge in [-0.05, 0) is 73.9 Å². The van der Waals surface area contributed by atoms with Gasteiger partial charge in [0.05, 0.1) is 6.04 Å². The Morgan fingerprint density at radius 3 is 2.46 bits per heavy atom. The van der Waals surface area contributed by atoms with Crippen LogP contribution in [0.25, 0.3) is 0 Å². The van der Waals surface area contributed by atoms with Crippen molar-refractivity contribution in [1.29, 1.82) is 0 Å². The second-order valence-electron chi connectivity index (χ2n) is 11.0. The fourth-order valence-corrected chi connectivity index (χ4v) is 6.22. The van der Waals surface area contributed by atoms with Gasteiger partial charge in [-0.1, -0.05) is 49.9 Å². The second-order valence-corrected chi connectivity index (χ2v) is 11.0. The summed E-state index contributed by atoms with van der Waals surface area (Å²) in [6.07, 6.45) is 9.74. The van der Waals surface area contributed by atoms with Gasteiger partial charge in [-0.2, -0.15) is 5.10 Å². The molecule has 206 valence electrons. The smallest absolute Gasteiger partial charge is 0.326 e. The molecule has 1 heterocycles. The van der Waals surface area contributed by atoms with Gasteiger partial charge in [0, 0.05) is 23.6 Å². The van der Waals surface area contributed by atoms with Gasteiger partial charge in [-0.3, -0.25) is 9.48 Å². The highest BCUT2D eigenvalue weighted by Crippen LogP contribution is 2.39. The predicted molar refractivity (Wildman–Crippen MR) is 145 cm³/mol. The minimum absolute atomic E-state index is 0.0923. The summed E-state index contributed by atoms with van der Waals surface area (Å²) >= 11 is 0. The van der Waals surface area contributed by atoms with Crippen molar-refractivity contribution < 1.29 is 24.2 Å². The van der Waals surface area contributed by atoms with Crippen molar-refractivity contribution in [3.05, 3.63) is 82.4 Å². The van der Waals surface area contributed by atoms with Crippen molar-refractivity contribution >= 4 is 11.9 Å². The number of hydrogen-bond acceptors (Lipinski definition) is 4. The molecule has 1 unspecified atom stereocenters. The van der Waals surface area contributed by atoms with Crippen LogP contribution in [0, 0.1) is 5.82 Å². The molecule has 8 heteroatoms. The molecule has 7 nitrogen and oxygen atoms in total. The van der Waals surface area contributed by atoms with E-state index in [1.807, 2.05) is 6.07 Å². The number of nitrogens with one attached hydrogen (secondary N) is 1. The summed E-state index contributed by atoms with van der Waals surface area (Å²) < 4.78 is 16.1. The Morgan fingerprint density at radius 2 is 1.74 bits per heavy atom. The van der Waals surface area contributed by atoms with E-state index in [9.17, 15) is 24.2 Å². The molecule has 39 heavy (non-hydrogen) atoms. The molecule has 2 atom stereocenters. The average Bonchev–Trinajstić information content (AvgIpc) is 3.19. The van der Waals surface area contributed by atoms with Crippen molar-refractivity contribution in [2.45, 2.75) is 88.6 Å². The number of nitrogens with zero attached hydrogens (tertiary/aromatic N) is 2. The summed E-state index contributed by atoms with van der Waals surface area (Å²) in [4.78, 5) is 25.8. The lowest BCUT2D eigenvalue weighted by Gasteiger charge is -2.27. The molecule has 0 spiro atoms. The van der Waals surface area contributed by atoms with Gasteiger partial charge in [0.1, 0.15) is 17.6 Å². The first kappa shape index (κ1) is 26.9.